The van der Waals surface area contributed by atoms with Crippen molar-refractivity contribution in [2.24, 2.45) is 5.73 Å². The second-order valence-corrected chi connectivity index (χ2v) is 6.33. The highest BCUT2D eigenvalue weighted by molar-refractivity contribution is 7.16. The summed E-state index contributed by atoms with van der Waals surface area (Å²) >= 11 is 7.63. The van der Waals surface area contributed by atoms with Crippen molar-refractivity contribution in [3.63, 3.8) is 0 Å². The number of morpholine rings is 1. The van der Waals surface area contributed by atoms with Crippen LogP contribution in [-0.2, 0) is 4.74 Å². The molecule has 0 aliphatic carbocycles. The van der Waals surface area contributed by atoms with Crippen LogP contribution in [0.2, 0.25) is 4.34 Å². The molecule has 0 aromatic carbocycles. The predicted molar refractivity (Wildman–Crippen MR) is 72.7 cm³/mol. The number of nitrogens with zero attached hydrogens (tertiary/aromatic N) is 1. The van der Waals surface area contributed by atoms with Crippen molar-refractivity contribution in [3.8, 4) is 0 Å². The zero-order valence-electron chi connectivity index (χ0n) is 10.2. The zero-order chi connectivity index (χ0) is 12.4. The van der Waals surface area contributed by atoms with Crippen LogP contribution in [0.1, 0.15) is 24.8 Å². The Morgan fingerprint density at radius 3 is 2.88 bits per heavy atom. The van der Waals surface area contributed by atoms with E-state index in [9.17, 15) is 0 Å². The Balaban J connectivity index is 2.02. The summed E-state index contributed by atoms with van der Waals surface area (Å²) in [6, 6.07) is 4.53. The molecule has 96 valence electrons. The van der Waals surface area contributed by atoms with Crippen molar-refractivity contribution in [1.29, 1.82) is 0 Å². The lowest BCUT2D eigenvalue weighted by atomic mass is 10.1. The Hall–Kier alpha value is -0.130. The van der Waals surface area contributed by atoms with Crippen LogP contribution in [-0.4, -0.2) is 36.7 Å². The molecule has 3 nitrogen and oxygen atoms in total. The van der Waals surface area contributed by atoms with E-state index in [1.807, 2.05) is 13.0 Å². The van der Waals surface area contributed by atoms with Crippen LogP contribution in [0, 0.1) is 0 Å². The third kappa shape index (κ3) is 3.20. The summed E-state index contributed by atoms with van der Waals surface area (Å²) in [5.41, 5.74) is 5.90. The third-order valence-electron chi connectivity index (χ3n) is 3.26. The number of hydrogen-bond donors (Lipinski definition) is 1. The second-order valence-electron chi connectivity index (χ2n) is 4.58. The van der Waals surface area contributed by atoms with E-state index >= 15 is 0 Å². The van der Waals surface area contributed by atoms with Crippen LogP contribution >= 0.6 is 22.9 Å². The van der Waals surface area contributed by atoms with Gasteiger partial charge in [0.25, 0.3) is 0 Å². The SMILES string of the molecule is CC(N)C1CN(C(C)c2ccc(Cl)s2)CCO1. The molecule has 2 heterocycles. The molecule has 0 amide bonds. The molecule has 1 aliphatic rings. The normalized spacial score (nSPS) is 25.8. The molecule has 0 saturated carbocycles. The van der Waals surface area contributed by atoms with E-state index in [1.165, 1.54) is 4.88 Å². The maximum atomic E-state index is 5.98. The number of halogens is 1. The monoisotopic (exact) mass is 274 g/mol. The molecule has 1 saturated heterocycles. The fourth-order valence-corrected chi connectivity index (χ4v) is 3.25. The van der Waals surface area contributed by atoms with E-state index in [2.05, 4.69) is 17.9 Å². The molecule has 2 N–H and O–H groups in total. The number of thiophene rings is 1. The van der Waals surface area contributed by atoms with Crippen LogP contribution in [0.5, 0.6) is 0 Å². The third-order valence-corrected chi connectivity index (χ3v) is 4.67. The molecule has 17 heavy (non-hydrogen) atoms. The molecular weight excluding hydrogens is 256 g/mol. The minimum absolute atomic E-state index is 0.0805. The van der Waals surface area contributed by atoms with E-state index in [4.69, 9.17) is 22.1 Å². The molecular formula is C12H19ClN2OS. The maximum absolute atomic E-state index is 5.98. The van der Waals surface area contributed by atoms with Crippen molar-refractivity contribution >= 4 is 22.9 Å². The van der Waals surface area contributed by atoms with E-state index in [1.54, 1.807) is 11.3 Å². The first-order valence-electron chi connectivity index (χ1n) is 5.94. The van der Waals surface area contributed by atoms with Gasteiger partial charge >= 0.3 is 0 Å². The fourth-order valence-electron chi connectivity index (χ4n) is 2.10. The van der Waals surface area contributed by atoms with Gasteiger partial charge in [-0.05, 0) is 26.0 Å². The number of rotatable bonds is 3. The molecule has 3 atom stereocenters. The smallest absolute Gasteiger partial charge is 0.0931 e. The molecule has 1 aromatic rings. The van der Waals surface area contributed by atoms with Gasteiger partial charge in [-0.1, -0.05) is 11.6 Å². The summed E-state index contributed by atoms with van der Waals surface area (Å²) in [7, 11) is 0. The highest BCUT2D eigenvalue weighted by Gasteiger charge is 2.27. The van der Waals surface area contributed by atoms with Gasteiger partial charge in [0.2, 0.25) is 0 Å². The predicted octanol–water partition coefficient (Wildman–Crippen LogP) is 2.51. The summed E-state index contributed by atoms with van der Waals surface area (Å²) in [6.45, 7) is 6.83. The standard InChI is InChI=1S/C12H19ClN2OS/c1-8(14)10-7-15(5-6-16-10)9(2)11-3-4-12(13)17-11/h3-4,8-10H,5-7,14H2,1-2H3. The van der Waals surface area contributed by atoms with Gasteiger partial charge in [0.1, 0.15) is 0 Å². The average molecular weight is 275 g/mol. The first kappa shape index (κ1) is 13.3. The molecule has 1 aromatic heterocycles. The lowest BCUT2D eigenvalue weighted by Crippen LogP contribution is -2.50. The van der Waals surface area contributed by atoms with Crippen LogP contribution in [0.15, 0.2) is 12.1 Å². The summed E-state index contributed by atoms with van der Waals surface area (Å²) < 4.78 is 6.52. The van der Waals surface area contributed by atoms with Gasteiger partial charge < -0.3 is 10.5 Å². The Morgan fingerprint density at radius 1 is 1.53 bits per heavy atom. The molecule has 5 heteroatoms. The highest BCUT2D eigenvalue weighted by atomic mass is 35.5. The largest absolute Gasteiger partial charge is 0.374 e. The minimum Gasteiger partial charge on any atom is -0.374 e. The topological polar surface area (TPSA) is 38.5 Å². The molecule has 0 radical (unpaired) electrons. The van der Waals surface area contributed by atoms with Gasteiger partial charge in [0.15, 0.2) is 0 Å². The van der Waals surface area contributed by atoms with E-state index in [0.717, 1.165) is 24.0 Å². The molecule has 3 unspecified atom stereocenters. The van der Waals surface area contributed by atoms with Crippen LogP contribution in [0.3, 0.4) is 0 Å². The highest BCUT2D eigenvalue weighted by Crippen LogP contribution is 2.31. The maximum Gasteiger partial charge on any atom is 0.0931 e. The van der Waals surface area contributed by atoms with Gasteiger partial charge in [-0.2, -0.15) is 0 Å². The lowest BCUT2D eigenvalue weighted by Gasteiger charge is -2.37. The average Bonchev–Trinajstić information content (AvgIpc) is 2.75. The number of hydrogen-bond acceptors (Lipinski definition) is 4. The second kappa shape index (κ2) is 5.67. The molecule has 1 fully saturated rings. The van der Waals surface area contributed by atoms with Crippen molar-refractivity contribution in [3.05, 3.63) is 21.3 Å². The fraction of sp³-hybridized carbons (Fsp3) is 0.667. The first-order chi connectivity index (χ1) is 8.08. The van der Waals surface area contributed by atoms with E-state index in [-0.39, 0.29) is 12.1 Å². The van der Waals surface area contributed by atoms with Gasteiger partial charge in [-0.15, -0.1) is 11.3 Å². The van der Waals surface area contributed by atoms with Gasteiger partial charge in [0.05, 0.1) is 17.0 Å². The van der Waals surface area contributed by atoms with Crippen molar-refractivity contribution < 1.29 is 4.74 Å². The summed E-state index contributed by atoms with van der Waals surface area (Å²) in [4.78, 5) is 3.72. The Kier molecular flexibility index (Phi) is 4.44. The Labute approximate surface area is 112 Å². The number of nitrogens with two attached hydrogens (primary N) is 1. The zero-order valence-corrected chi connectivity index (χ0v) is 11.8. The molecule has 2 rings (SSSR count). The van der Waals surface area contributed by atoms with E-state index in [0.29, 0.717) is 6.04 Å². The van der Waals surface area contributed by atoms with Crippen LogP contribution in [0.4, 0.5) is 0 Å². The van der Waals surface area contributed by atoms with Crippen molar-refractivity contribution in [2.75, 3.05) is 19.7 Å². The van der Waals surface area contributed by atoms with Gasteiger partial charge in [0, 0.05) is 30.1 Å². The quantitative estimate of drug-likeness (QED) is 0.920. The molecule has 0 spiro atoms. The summed E-state index contributed by atoms with van der Waals surface area (Å²) in [6.07, 6.45) is 0.140. The van der Waals surface area contributed by atoms with Gasteiger partial charge in [-0.25, -0.2) is 0 Å². The van der Waals surface area contributed by atoms with Gasteiger partial charge in [-0.3, -0.25) is 4.90 Å². The summed E-state index contributed by atoms with van der Waals surface area (Å²) in [5.74, 6) is 0. The van der Waals surface area contributed by atoms with E-state index < -0.39 is 0 Å². The van der Waals surface area contributed by atoms with Crippen LogP contribution in [0.25, 0.3) is 0 Å². The Morgan fingerprint density at radius 2 is 2.29 bits per heavy atom. The van der Waals surface area contributed by atoms with Crippen molar-refractivity contribution in [2.45, 2.75) is 32.0 Å². The Bertz CT molecular complexity index is 369. The first-order valence-corrected chi connectivity index (χ1v) is 7.14. The summed E-state index contributed by atoms with van der Waals surface area (Å²) in [5, 5.41) is 0. The molecule has 1 aliphatic heterocycles. The minimum atomic E-state index is 0.0805. The number of ether oxygens (including phenoxy) is 1. The lowest BCUT2D eigenvalue weighted by molar-refractivity contribution is -0.0494. The van der Waals surface area contributed by atoms with Crippen molar-refractivity contribution in [1.82, 2.24) is 4.90 Å². The molecule has 0 bridgehead atoms. The van der Waals surface area contributed by atoms with Crippen LogP contribution < -0.4 is 5.73 Å².